The van der Waals surface area contributed by atoms with E-state index in [1.54, 1.807) is 5.57 Å². The maximum absolute atomic E-state index is 12.4. The number of allylic oxidation sites excluding steroid dienone is 2. The SMILES string of the molecule is CC(=O)O[C@H]1CC[C@]2(C)C3=C(CC[C@@H]2C1(C)C)[C@]1(C)CC[C@](O)([C@H](C)CC[C@H](O)[C@](C)(O)COS(=O)(=O)O)[C@@]1(C)CC3. The minimum absolute atomic E-state index is 0.0320. The molecule has 4 N–H and O–H groups in total. The Morgan fingerprint density at radius 2 is 1.67 bits per heavy atom. The zero-order chi connectivity index (χ0) is 31.7. The van der Waals surface area contributed by atoms with E-state index in [2.05, 4.69) is 38.8 Å². The second-order valence-electron chi connectivity index (χ2n) is 15.6. The van der Waals surface area contributed by atoms with Crippen LogP contribution in [0.1, 0.15) is 120 Å². The Bertz CT molecular complexity index is 1210. The van der Waals surface area contributed by atoms with Gasteiger partial charge in [0, 0.05) is 17.8 Å². The van der Waals surface area contributed by atoms with E-state index in [1.807, 2.05) is 6.92 Å². The van der Waals surface area contributed by atoms with Crippen molar-refractivity contribution in [2.24, 2.45) is 33.5 Å². The van der Waals surface area contributed by atoms with Crippen LogP contribution in [0.4, 0.5) is 0 Å². The number of carbonyl (C=O) groups is 1. The summed E-state index contributed by atoms with van der Waals surface area (Å²) in [4.78, 5) is 11.9. The minimum Gasteiger partial charge on any atom is -0.462 e. The molecule has 10 heteroatoms. The van der Waals surface area contributed by atoms with Crippen LogP contribution < -0.4 is 0 Å². The molecule has 0 bridgehead atoms. The lowest BCUT2D eigenvalue weighted by Crippen LogP contribution is -2.58. The Kier molecular flexibility index (Phi) is 8.70. The van der Waals surface area contributed by atoms with E-state index in [-0.39, 0.29) is 46.1 Å². The van der Waals surface area contributed by atoms with E-state index < -0.39 is 34.3 Å². The summed E-state index contributed by atoms with van der Waals surface area (Å²) in [5, 5.41) is 33.7. The normalized spacial score (nSPS) is 40.8. The van der Waals surface area contributed by atoms with Crippen molar-refractivity contribution in [1.82, 2.24) is 0 Å². The molecule has 9 nitrogen and oxygen atoms in total. The fourth-order valence-corrected chi connectivity index (χ4v) is 10.6. The molecule has 0 radical (unpaired) electrons. The van der Waals surface area contributed by atoms with Gasteiger partial charge in [0.25, 0.3) is 0 Å². The van der Waals surface area contributed by atoms with Crippen molar-refractivity contribution < 1.29 is 42.0 Å². The molecule has 4 aliphatic carbocycles. The van der Waals surface area contributed by atoms with Gasteiger partial charge in [-0.2, -0.15) is 8.42 Å². The number of ether oxygens (including phenoxy) is 1. The molecule has 0 aromatic heterocycles. The lowest BCUT2D eigenvalue weighted by molar-refractivity contribution is -0.168. The van der Waals surface area contributed by atoms with Crippen LogP contribution in [0.3, 0.4) is 0 Å². The Morgan fingerprint density at radius 1 is 1.02 bits per heavy atom. The quantitative estimate of drug-likeness (QED) is 0.157. The highest BCUT2D eigenvalue weighted by atomic mass is 32.3. The van der Waals surface area contributed by atoms with Gasteiger partial charge in [0.05, 0.1) is 18.3 Å². The van der Waals surface area contributed by atoms with Crippen molar-refractivity contribution in [2.75, 3.05) is 6.61 Å². The van der Waals surface area contributed by atoms with Crippen LogP contribution in [-0.4, -0.2) is 64.3 Å². The molecule has 2 fully saturated rings. The molecule has 0 aromatic carbocycles. The predicted octanol–water partition coefficient (Wildman–Crippen LogP) is 5.13. The first-order chi connectivity index (χ1) is 19.1. The summed E-state index contributed by atoms with van der Waals surface area (Å²) >= 11 is 0. The molecule has 0 amide bonds. The van der Waals surface area contributed by atoms with Gasteiger partial charge in [-0.25, -0.2) is 4.18 Å². The average Bonchev–Trinajstić information content (AvgIpc) is 3.09. The van der Waals surface area contributed by atoms with Crippen molar-refractivity contribution in [3.05, 3.63) is 11.1 Å². The van der Waals surface area contributed by atoms with Gasteiger partial charge in [-0.05, 0) is 93.8 Å². The van der Waals surface area contributed by atoms with Gasteiger partial charge in [-0.1, -0.05) is 52.7 Å². The van der Waals surface area contributed by atoms with Crippen molar-refractivity contribution in [3.8, 4) is 0 Å². The Hall–Kier alpha value is -1.04. The summed E-state index contributed by atoms with van der Waals surface area (Å²) < 4.78 is 40.9. The van der Waals surface area contributed by atoms with Crippen LogP contribution in [0.25, 0.3) is 0 Å². The van der Waals surface area contributed by atoms with Crippen LogP contribution in [0.2, 0.25) is 0 Å². The van der Waals surface area contributed by atoms with Crippen LogP contribution in [0, 0.1) is 33.5 Å². The molecule has 0 heterocycles. The van der Waals surface area contributed by atoms with E-state index >= 15 is 0 Å². The Balaban J connectivity index is 1.55. The van der Waals surface area contributed by atoms with Gasteiger partial charge in [0.2, 0.25) is 0 Å². The summed E-state index contributed by atoms with van der Waals surface area (Å²) in [6.45, 7) is 15.5. The summed E-state index contributed by atoms with van der Waals surface area (Å²) in [6, 6.07) is 0. The predicted molar refractivity (Wildman–Crippen MR) is 159 cm³/mol. The Labute approximate surface area is 252 Å². The first-order valence-corrected chi connectivity index (χ1v) is 17.1. The molecule has 9 atom stereocenters. The molecule has 4 aliphatic rings. The fourth-order valence-electron chi connectivity index (χ4n) is 10.2. The van der Waals surface area contributed by atoms with Gasteiger partial charge in [0.1, 0.15) is 11.7 Å². The third kappa shape index (κ3) is 5.30. The number of esters is 1. The zero-order valence-electron chi connectivity index (χ0n) is 26.8. The molecule has 0 saturated heterocycles. The Morgan fingerprint density at radius 3 is 2.26 bits per heavy atom. The summed E-state index contributed by atoms with van der Waals surface area (Å²) in [7, 11) is -4.74. The number of hydrogen-bond acceptors (Lipinski definition) is 8. The fraction of sp³-hybridized carbons (Fsp3) is 0.906. The second-order valence-corrected chi connectivity index (χ2v) is 16.6. The molecular formula is C32H54O9S. The maximum atomic E-state index is 12.4. The molecule has 0 unspecified atom stereocenters. The molecule has 0 aromatic rings. The second kappa shape index (κ2) is 10.8. The highest BCUT2D eigenvalue weighted by Gasteiger charge is 2.68. The van der Waals surface area contributed by atoms with Crippen LogP contribution in [0.5, 0.6) is 0 Å². The summed E-state index contributed by atoms with van der Waals surface area (Å²) in [5.74, 6) is 0.0211. The van der Waals surface area contributed by atoms with Crippen LogP contribution in [-0.2, 0) is 24.1 Å². The van der Waals surface area contributed by atoms with E-state index in [0.717, 1.165) is 44.9 Å². The molecular weight excluding hydrogens is 560 g/mol. The van der Waals surface area contributed by atoms with Crippen LogP contribution in [0.15, 0.2) is 11.1 Å². The maximum Gasteiger partial charge on any atom is 0.397 e. The number of aliphatic hydroxyl groups excluding tert-OH is 1. The molecule has 42 heavy (non-hydrogen) atoms. The standard InChI is InChI=1S/C32H54O9S/c1-20(9-12-25(34)30(7,35)19-40-42(37,38)39)32(36)18-17-29(6)23-10-11-24-27(3,4)26(41-21(2)33)14-15-28(24,5)22(23)13-16-31(29,32)8/h20,24-26,34-36H,9-19H2,1-8H3,(H,37,38,39)/t20-,24-,25+,26+,28-,29+,30-,31+,32+/m1/s1. The molecule has 0 spiro atoms. The van der Waals surface area contributed by atoms with E-state index in [9.17, 15) is 28.5 Å². The van der Waals surface area contributed by atoms with Crippen molar-refractivity contribution in [1.29, 1.82) is 0 Å². The monoisotopic (exact) mass is 614 g/mol. The van der Waals surface area contributed by atoms with Crippen molar-refractivity contribution in [2.45, 2.75) is 143 Å². The van der Waals surface area contributed by atoms with Gasteiger partial charge in [-0.3, -0.25) is 9.35 Å². The lowest BCUT2D eigenvalue weighted by Gasteiger charge is -2.63. The number of hydrogen-bond donors (Lipinski definition) is 4. The van der Waals surface area contributed by atoms with Gasteiger partial charge in [0.15, 0.2) is 0 Å². The van der Waals surface area contributed by atoms with Gasteiger partial charge in [-0.15, -0.1) is 0 Å². The first-order valence-electron chi connectivity index (χ1n) is 15.7. The van der Waals surface area contributed by atoms with Gasteiger partial charge < -0.3 is 20.1 Å². The molecule has 242 valence electrons. The smallest absolute Gasteiger partial charge is 0.397 e. The third-order valence-corrected chi connectivity index (χ3v) is 13.5. The molecule has 2 saturated carbocycles. The van der Waals surface area contributed by atoms with Crippen LogP contribution >= 0.6 is 0 Å². The largest absolute Gasteiger partial charge is 0.462 e. The zero-order valence-corrected chi connectivity index (χ0v) is 27.6. The molecule has 4 rings (SSSR count). The first kappa shape index (κ1) is 33.8. The van der Waals surface area contributed by atoms with E-state index in [0.29, 0.717) is 18.8 Å². The van der Waals surface area contributed by atoms with E-state index in [4.69, 9.17) is 9.29 Å². The summed E-state index contributed by atoms with van der Waals surface area (Å²) in [6.07, 6.45) is 6.39. The minimum atomic E-state index is -4.74. The van der Waals surface area contributed by atoms with Crippen molar-refractivity contribution >= 4 is 16.4 Å². The van der Waals surface area contributed by atoms with Crippen molar-refractivity contribution in [3.63, 3.8) is 0 Å². The average molecular weight is 615 g/mol. The number of carbonyl (C=O) groups excluding carboxylic acids is 1. The highest BCUT2D eigenvalue weighted by molar-refractivity contribution is 7.80. The number of fused-ring (bicyclic) bond motifs is 4. The lowest BCUT2D eigenvalue weighted by atomic mass is 9.43. The highest BCUT2D eigenvalue weighted by Crippen LogP contribution is 2.73. The van der Waals surface area contributed by atoms with Gasteiger partial charge >= 0.3 is 16.4 Å². The number of aliphatic hydroxyl groups is 3. The molecule has 0 aliphatic heterocycles. The third-order valence-electron chi connectivity index (χ3n) is 13.1. The van der Waals surface area contributed by atoms with E-state index in [1.165, 1.54) is 19.4 Å². The summed E-state index contributed by atoms with van der Waals surface area (Å²) in [5.41, 5.74) is -0.397. The topological polar surface area (TPSA) is 151 Å². The number of rotatable bonds is 9.